The molecule has 1 aromatic heterocycles. The maximum Gasteiger partial charge on any atom is 0.418 e. The molecule has 1 fully saturated rings. The van der Waals surface area contributed by atoms with Gasteiger partial charge in [-0.2, -0.15) is 13.2 Å². The SMILES string of the molecule is O=C(CCc1ccccn1)N1CCC[C@@](O)(C(F)(F)F)C1. The minimum absolute atomic E-state index is 0.0882. The standard InChI is InChI=1S/C14H17F3N2O2/c15-14(16,17)13(21)7-3-9-19(10-13)12(20)6-5-11-4-1-2-8-18-11/h1-2,4,8,21H,3,5-7,9-10H2/t13-/m0/s1. The van der Waals surface area contributed by atoms with E-state index in [1.54, 1.807) is 24.4 Å². The predicted molar refractivity (Wildman–Crippen MR) is 69.4 cm³/mol. The molecule has 0 aromatic carbocycles. The molecule has 0 bridgehead atoms. The van der Waals surface area contributed by atoms with Gasteiger partial charge in [0.15, 0.2) is 5.60 Å². The van der Waals surface area contributed by atoms with Crippen molar-refractivity contribution < 1.29 is 23.1 Å². The Bertz CT molecular complexity index is 493. The van der Waals surface area contributed by atoms with Gasteiger partial charge in [-0.1, -0.05) is 6.07 Å². The van der Waals surface area contributed by atoms with Gasteiger partial charge in [-0.15, -0.1) is 0 Å². The number of likely N-dealkylation sites (tertiary alicyclic amines) is 1. The van der Waals surface area contributed by atoms with E-state index in [2.05, 4.69) is 4.98 Å². The zero-order valence-electron chi connectivity index (χ0n) is 11.4. The van der Waals surface area contributed by atoms with E-state index in [0.717, 1.165) is 4.90 Å². The van der Waals surface area contributed by atoms with Gasteiger partial charge in [0.25, 0.3) is 0 Å². The molecule has 1 aliphatic rings. The van der Waals surface area contributed by atoms with E-state index in [9.17, 15) is 23.1 Å². The quantitative estimate of drug-likeness (QED) is 0.928. The summed E-state index contributed by atoms with van der Waals surface area (Å²) in [5.41, 5.74) is -2.07. The minimum atomic E-state index is -4.72. The van der Waals surface area contributed by atoms with Crippen molar-refractivity contribution in [3.8, 4) is 0 Å². The van der Waals surface area contributed by atoms with Gasteiger partial charge < -0.3 is 10.0 Å². The van der Waals surface area contributed by atoms with Crippen LogP contribution in [0.2, 0.25) is 0 Å². The van der Waals surface area contributed by atoms with Crippen molar-refractivity contribution in [1.29, 1.82) is 0 Å². The van der Waals surface area contributed by atoms with Crippen molar-refractivity contribution in [2.45, 2.75) is 37.5 Å². The monoisotopic (exact) mass is 302 g/mol. The van der Waals surface area contributed by atoms with Crippen molar-refractivity contribution in [2.75, 3.05) is 13.1 Å². The smallest absolute Gasteiger partial charge is 0.379 e. The van der Waals surface area contributed by atoms with Gasteiger partial charge in [0, 0.05) is 24.9 Å². The fraction of sp³-hybridized carbons (Fsp3) is 0.571. The summed E-state index contributed by atoms with van der Waals surface area (Å²) in [5, 5.41) is 9.68. The summed E-state index contributed by atoms with van der Waals surface area (Å²) in [7, 11) is 0. The summed E-state index contributed by atoms with van der Waals surface area (Å²) in [4.78, 5) is 17.2. The molecule has 1 atom stereocenters. The number of aryl methyl sites for hydroxylation is 1. The lowest BCUT2D eigenvalue weighted by molar-refractivity contribution is -0.272. The van der Waals surface area contributed by atoms with Gasteiger partial charge in [0.1, 0.15) is 0 Å². The number of aliphatic hydroxyl groups is 1. The van der Waals surface area contributed by atoms with Gasteiger partial charge in [-0.25, -0.2) is 0 Å². The number of pyridine rings is 1. The molecule has 0 radical (unpaired) electrons. The van der Waals surface area contributed by atoms with E-state index < -0.39 is 18.3 Å². The van der Waals surface area contributed by atoms with Crippen molar-refractivity contribution in [1.82, 2.24) is 9.88 Å². The molecule has 0 saturated carbocycles. The number of hydrogen-bond donors (Lipinski definition) is 1. The fourth-order valence-corrected chi connectivity index (χ4v) is 2.42. The third kappa shape index (κ3) is 3.72. The van der Waals surface area contributed by atoms with Gasteiger partial charge in [0.05, 0.1) is 6.54 Å². The summed E-state index contributed by atoms with van der Waals surface area (Å²) >= 11 is 0. The summed E-state index contributed by atoms with van der Waals surface area (Å²) in [5.74, 6) is -0.386. The van der Waals surface area contributed by atoms with Gasteiger partial charge >= 0.3 is 6.18 Å². The van der Waals surface area contributed by atoms with E-state index in [1.807, 2.05) is 0 Å². The second kappa shape index (κ2) is 6.01. The number of carbonyl (C=O) groups is 1. The Kier molecular flexibility index (Phi) is 4.51. The highest BCUT2D eigenvalue weighted by Gasteiger charge is 2.55. The summed E-state index contributed by atoms with van der Waals surface area (Å²) in [6.07, 6.45) is -2.87. The normalized spacial score (nSPS) is 23.1. The molecule has 1 saturated heterocycles. The third-order valence-corrected chi connectivity index (χ3v) is 3.67. The Labute approximate surface area is 120 Å². The highest BCUT2D eigenvalue weighted by Crippen LogP contribution is 2.37. The zero-order valence-corrected chi connectivity index (χ0v) is 11.4. The number of β-amino-alcohol motifs (C(OH)–C–C–N with tert-alkyl or cyclic N) is 1. The van der Waals surface area contributed by atoms with Crippen LogP contribution >= 0.6 is 0 Å². The molecule has 7 heteroatoms. The first-order valence-corrected chi connectivity index (χ1v) is 6.79. The lowest BCUT2D eigenvalue weighted by Gasteiger charge is -2.40. The molecular weight excluding hydrogens is 285 g/mol. The van der Waals surface area contributed by atoms with Crippen LogP contribution in [0.15, 0.2) is 24.4 Å². The average molecular weight is 302 g/mol. The Morgan fingerprint density at radius 1 is 1.43 bits per heavy atom. The molecule has 21 heavy (non-hydrogen) atoms. The fourth-order valence-electron chi connectivity index (χ4n) is 2.42. The molecule has 0 unspecified atom stereocenters. The molecule has 0 spiro atoms. The van der Waals surface area contributed by atoms with Crippen molar-refractivity contribution >= 4 is 5.91 Å². The highest BCUT2D eigenvalue weighted by atomic mass is 19.4. The second-order valence-corrected chi connectivity index (χ2v) is 5.27. The lowest BCUT2D eigenvalue weighted by Crippen LogP contribution is -2.58. The Balaban J connectivity index is 1.94. The molecule has 0 aliphatic carbocycles. The van der Waals surface area contributed by atoms with Crippen molar-refractivity contribution in [3.05, 3.63) is 30.1 Å². The number of rotatable bonds is 3. The lowest BCUT2D eigenvalue weighted by atomic mass is 9.92. The first-order valence-electron chi connectivity index (χ1n) is 6.79. The Morgan fingerprint density at radius 3 is 2.81 bits per heavy atom. The molecule has 4 nitrogen and oxygen atoms in total. The Morgan fingerprint density at radius 2 is 2.19 bits per heavy atom. The molecule has 2 rings (SSSR count). The summed E-state index contributed by atoms with van der Waals surface area (Å²) < 4.78 is 38.4. The van der Waals surface area contributed by atoms with Crippen LogP contribution in [0.5, 0.6) is 0 Å². The Hall–Kier alpha value is -1.63. The van der Waals surface area contributed by atoms with Crippen LogP contribution in [0.1, 0.15) is 25.0 Å². The van der Waals surface area contributed by atoms with E-state index >= 15 is 0 Å². The van der Waals surface area contributed by atoms with Crippen LogP contribution in [0.4, 0.5) is 13.2 Å². The number of hydrogen-bond acceptors (Lipinski definition) is 3. The zero-order chi connectivity index (χ0) is 15.5. The molecule has 1 N–H and O–H groups in total. The van der Waals surface area contributed by atoms with Gasteiger partial charge in [0.2, 0.25) is 5.91 Å². The maximum absolute atomic E-state index is 12.8. The van der Waals surface area contributed by atoms with Crippen molar-refractivity contribution in [3.63, 3.8) is 0 Å². The number of carbonyl (C=O) groups excluding carboxylic acids is 1. The van der Waals surface area contributed by atoms with E-state index in [4.69, 9.17) is 0 Å². The van der Waals surface area contributed by atoms with Crippen LogP contribution in [0.3, 0.4) is 0 Å². The highest BCUT2D eigenvalue weighted by molar-refractivity contribution is 5.76. The van der Waals surface area contributed by atoms with E-state index in [0.29, 0.717) is 12.1 Å². The average Bonchev–Trinajstić information content (AvgIpc) is 2.45. The van der Waals surface area contributed by atoms with Crippen LogP contribution in [0.25, 0.3) is 0 Å². The second-order valence-electron chi connectivity index (χ2n) is 5.27. The van der Waals surface area contributed by atoms with E-state index in [1.165, 1.54) is 0 Å². The van der Waals surface area contributed by atoms with Gasteiger partial charge in [-0.3, -0.25) is 9.78 Å². The molecule has 1 aliphatic heterocycles. The number of alkyl halides is 3. The van der Waals surface area contributed by atoms with Crippen LogP contribution < -0.4 is 0 Å². The predicted octanol–water partition coefficient (Wildman–Crippen LogP) is 1.93. The van der Waals surface area contributed by atoms with Crippen LogP contribution in [-0.2, 0) is 11.2 Å². The molecule has 116 valence electrons. The topological polar surface area (TPSA) is 53.4 Å². The molecular formula is C14H17F3N2O2. The largest absolute Gasteiger partial charge is 0.418 e. The maximum atomic E-state index is 12.8. The number of halogens is 3. The number of aromatic nitrogens is 1. The minimum Gasteiger partial charge on any atom is -0.379 e. The number of nitrogens with zero attached hydrogens (tertiary/aromatic N) is 2. The van der Waals surface area contributed by atoms with Gasteiger partial charge in [-0.05, 0) is 31.4 Å². The molecule has 1 amide bonds. The first-order chi connectivity index (χ1) is 9.82. The van der Waals surface area contributed by atoms with Crippen LogP contribution in [0, 0.1) is 0 Å². The first kappa shape index (κ1) is 15.8. The number of amides is 1. The van der Waals surface area contributed by atoms with E-state index in [-0.39, 0.29) is 31.7 Å². The number of piperidine rings is 1. The molecule has 2 heterocycles. The third-order valence-electron chi connectivity index (χ3n) is 3.67. The summed E-state index contributed by atoms with van der Waals surface area (Å²) in [6, 6.07) is 5.30. The molecule has 1 aromatic rings. The van der Waals surface area contributed by atoms with Crippen molar-refractivity contribution in [2.24, 2.45) is 0 Å². The summed E-state index contributed by atoms with van der Waals surface area (Å²) in [6.45, 7) is -0.434. The van der Waals surface area contributed by atoms with Crippen LogP contribution in [-0.4, -0.2) is 45.8 Å².